The number of rotatable bonds is 1. The third-order valence-corrected chi connectivity index (χ3v) is 1.52. The fourth-order valence-corrected chi connectivity index (χ4v) is 0.851. The lowest BCUT2D eigenvalue weighted by Crippen LogP contribution is -2.14. The second-order valence-electron chi connectivity index (χ2n) is 2.23. The molecule has 0 saturated heterocycles. The van der Waals surface area contributed by atoms with Gasteiger partial charge < -0.3 is 5.32 Å². The van der Waals surface area contributed by atoms with E-state index in [1.54, 1.807) is 12.3 Å². The number of allylic oxidation sites excluding steroid dienone is 3. The van der Waals surface area contributed by atoms with Gasteiger partial charge in [-0.15, -0.1) is 0 Å². The Morgan fingerprint density at radius 1 is 1.80 bits per heavy atom. The molecular weight excluding hydrogens is 150 g/mol. The number of hydrogen-bond acceptors (Lipinski definition) is 2. The molecule has 1 aliphatic heterocycles. The minimum Gasteiger partial charge on any atom is -0.358 e. The van der Waals surface area contributed by atoms with Gasteiger partial charge in [-0.1, -0.05) is 11.6 Å². The van der Waals surface area contributed by atoms with Crippen molar-refractivity contribution in [2.75, 3.05) is 0 Å². The topological polar surface area (TPSA) is 29.1 Å². The molecule has 2 nitrogen and oxygen atoms in total. The molecule has 1 heterocycles. The molecule has 0 unspecified atom stereocenters. The smallest absolute Gasteiger partial charge is 0.268 e. The Balaban J connectivity index is 2.62. The van der Waals surface area contributed by atoms with Crippen molar-refractivity contribution < 1.29 is 4.79 Å². The van der Waals surface area contributed by atoms with Gasteiger partial charge in [0.05, 0.1) is 5.70 Å². The maximum Gasteiger partial charge on any atom is 0.268 e. The van der Waals surface area contributed by atoms with Crippen molar-refractivity contribution in [1.82, 2.24) is 5.32 Å². The van der Waals surface area contributed by atoms with E-state index in [-0.39, 0.29) is 0 Å². The molecule has 0 amide bonds. The van der Waals surface area contributed by atoms with E-state index in [1.807, 2.05) is 6.92 Å². The number of dihydropyridines is 1. The van der Waals surface area contributed by atoms with E-state index in [0.717, 1.165) is 6.42 Å². The molecule has 1 rings (SSSR count). The fraction of sp³-hybridized carbons (Fsp3) is 0.286. The molecule has 0 fully saturated rings. The first-order chi connectivity index (χ1) is 4.70. The Hall–Kier alpha value is -0.760. The number of nitrogens with one attached hydrogen (secondary N) is 1. The van der Waals surface area contributed by atoms with Crippen LogP contribution in [-0.2, 0) is 4.79 Å². The minimum absolute atomic E-state index is 0.427. The number of hydrogen-bond donors (Lipinski definition) is 1. The second-order valence-corrected chi connectivity index (χ2v) is 2.57. The van der Waals surface area contributed by atoms with Crippen LogP contribution in [-0.4, -0.2) is 5.24 Å². The maximum absolute atomic E-state index is 10.5. The summed E-state index contributed by atoms with van der Waals surface area (Å²) in [6, 6.07) is 0. The van der Waals surface area contributed by atoms with Crippen molar-refractivity contribution in [2.24, 2.45) is 0 Å². The summed E-state index contributed by atoms with van der Waals surface area (Å²) in [5.41, 5.74) is 1.67. The summed E-state index contributed by atoms with van der Waals surface area (Å²) in [6.07, 6.45) is 4.38. The quantitative estimate of drug-likeness (QED) is 0.585. The molecule has 0 radical (unpaired) electrons. The van der Waals surface area contributed by atoms with Crippen molar-refractivity contribution >= 4 is 16.8 Å². The summed E-state index contributed by atoms with van der Waals surface area (Å²) in [7, 11) is 0. The molecule has 0 spiro atoms. The molecule has 0 aliphatic carbocycles. The second kappa shape index (κ2) is 2.88. The molecule has 10 heavy (non-hydrogen) atoms. The first-order valence-electron chi connectivity index (χ1n) is 3.02. The van der Waals surface area contributed by atoms with Crippen LogP contribution < -0.4 is 5.32 Å². The van der Waals surface area contributed by atoms with Crippen LogP contribution in [0.5, 0.6) is 0 Å². The van der Waals surface area contributed by atoms with Crippen LogP contribution in [0.1, 0.15) is 13.3 Å². The van der Waals surface area contributed by atoms with E-state index in [1.165, 1.54) is 5.57 Å². The van der Waals surface area contributed by atoms with Crippen LogP contribution in [0.25, 0.3) is 0 Å². The molecule has 0 atom stereocenters. The first-order valence-corrected chi connectivity index (χ1v) is 3.40. The summed E-state index contributed by atoms with van der Waals surface area (Å²) < 4.78 is 0. The van der Waals surface area contributed by atoms with Gasteiger partial charge in [0, 0.05) is 6.20 Å². The molecule has 1 aliphatic rings. The summed E-state index contributed by atoms with van der Waals surface area (Å²) >= 11 is 5.21. The van der Waals surface area contributed by atoms with Crippen molar-refractivity contribution in [1.29, 1.82) is 0 Å². The van der Waals surface area contributed by atoms with Gasteiger partial charge in [-0.2, -0.15) is 0 Å². The molecule has 3 heteroatoms. The molecule has 0 aromatic rings. The van der Waals surface area contributed by atoms with Gasteiger partial charge in [0.15, 0.2) is 0 Å². The third kappa shape index (κ3) is 1.61. The lowest BCUT2D eigenvalue weighted by atomic mass is 10.1. The van der Waals surface area contributed by atoms with Crippen molar-refractivity contribution in [3.05, 3.63) is 23.5 Å². The zero-order valence-electron chi connectivity index (χ0n) is 5.65. The largest absolute Gasteiger partial charge is 0.358 e. The SMILES string of the molecule is CC1=CNC(C(=O)Cl)=CC1. The predicted octanol–water partition coefficient (Wildman–Crippen LogP) is 1.53. The Bertz CT molecular complexity index is 218. The Morgan fingerprint density at radius 3 is 2.90 bits per heavy atom. The normalized spacial score (nSPS) is 17.0. The molecule has 54 valence electrons. The number of halogens is 1. The summed E-state index contributed by atoms with van der Waals surface area (Å²) in [5, 5.41) is 2.36. The van der Waals surface area contributed by atoms with E-state index < -0.39 is 5.24 Å². The first kappa shape index (κ1) is 7.35. The lowest BCUT2D eigenvalue weighted by Gasteiger charge is -2.08. The van der Waals surface area contributed by atoms with Gasteiger partial charge in [0.25, 0.3) is 5.24 Å². The van der Waals surface area contributed by atoms with Crippen LogP contribution in [0, 0.1) is 0 Å². The minimum atomic E-state index is -0.427. The van der Waals surface area contributed by atoms with Crippen LogP contribution >= 0.6 is 11.6 Å². The number of carbonyl (C=O) groups is 1. The van der Waals surface area contributed by atoms with E-state index >= 15 is 0 Å². The standard InChI is InChI=1S/C7H8ClNO/c1-5-2-3-6(7(8)10)9-4-5/h3-4,9H,2H2,1H3. The highest BCUT2D eigenvalue weighted by Crippen LogP contribution is 2.09. The average Bonchev–Trinajstić information content (AvgIpc) is 1.88. The van der Waals surface area contributed by atoms with Crippen molar-refractivity contribution in [2.45, 2.75) is 13.3 Å². The van der Waals surface area contributed by atoms with E-state index in [0.29, 0.717) is 5.70 Å². The summed E-state index contributed by atoms with van der Waals surface area (Å²) in [6.45, 7) is 1.99. The molecule has 1 N–H and O–H groups in total. The van der Waals surface area contributed by atoms with Gasteiger partial charge in [0.2, 0.25) is 0 Å². The highest BCUT2D eigenvalue weighted by molar-refractivity contribution is 6.67. The third-order valence-electron chi connectivity index (χ3n) is 1.31. The van der Waals surface area contributed by atoms with Crippen LogP contribution in [0.15, 0.2) is 23.5 Å². The highest BCUT2D eigenvalue weighted by Gasteiger charge is 2.06. The fourth-order valence-electron chi connectivity index (χ4n) is 0.719. The lowest BCUT2D eigenvalue weighted by molar-refractivity contribution is -0.108. The maximum atomic E-state index is 10.5. The average molecular weight is 158 g/mol. The van der Waals surface area contributed by atoms with Crippen molar-refractivity contribution in [3.8, 4) is 0 Å². The summed E-state index contributed by atoms with van der Waals surface area (Å²) in [5.74, 6) is 0. The van der Waals surface area contributed by atoms with Crippen LogP contribution in [0.3, 0.4) is 0 Å². The van der Waals surface area contributed by atoms with Crippen molar-refractivity contribution in [3.63, 3.8) is 0 Å². The molecule has 0 aromatic carbocycles. The van der Waals surface area contributed by atoms with Gasteiger partial charge >= 0.3 is 0 Å². The number of carbonyl (C=O) groups excluding carboxylic acids is 1. The monoisotopic (exact) mass is 157 g/mol. The zero-order valence-corrected chi connectivity index (χ0v) is 6.40. The Morgan fingerprint density at radius 2 is 2.50 bits per heavy atom. The molecule has 0 bridgehead atoms. The van der Waals surface area contributed by atoms with Gasteiger partial charge in [0.1, 0.15) is 0 Å². The Kier molecular flexibility index (Phi) is 2.12. The van der Waals surface area contributed by atoms with Gasteiger partial charge in [-0.3, -0.25) is 4.79 Å². The molecule has 0 saturated carbocycles. The van der Waals surface area contributed by atoms with Gasteiger partial charge in [-0.05, 0) is 24.9 Å². The highest BCUT2D eigenvalue weighted by atomic mass is 35.5. The Labute approximate surface area is 64.6 Å². The van der Waals surface area contributed by atoms with E-state index in [9.17, 15) is 4.79 Å². The van der Waals surface area contributed by atoms with Gasteiger partial charge in [-0.25, -0.2) is 0 Å². The van der Waals surface area contributed by atoms with E-state index in [4.69, 9.17) is 11.6 Å². The van der Waals surface area contributed by atoms with Crippen LogP contribution in [0.4, 0.5) is 0 Å². The summed E-state index contributed by atoms with van der Waals surface area (Å²) in [4.78, 5) is 10.5. The van der Waals surface area contributed by atoms with E-state index in [2.05, 4.69) is 5.32 Å². The predicted molar refractivity (Wildman–Crippen MR) is 40.5 cm³/mol. The molecular formula is C7H8ClNO. The zero-order chi connectivity index (χ0) is 7.56. The molecule has 0 aromatic heterocycles. The van der Waals surface area contributed by atoms with Crippen LogP contribution in [0.2, 0.25) is 0 Å².